The second-order valence-electron chi connectivity index (χ2n) is 6.78. The van der Waals surface area contributed by atoms with E-state index in [1.54, 1.807) is 24.4 Å². The highest BCUT2D eigenvalue weighted by Gasteiger charge is 2.21. The molecule has 3 aromatic rings. The van der Waals surface area contributed by atoms with Gasteiger partial charge in [-0.15, -0.1) is 0 Å². The Kier molecular flexibility index (Phi) is 5.65. The molecule has 0 radical (unpaired) electrons. The van der Waals surface area contributed by atoms with Crippen molar-refractivity contribution >= 4 is 38.2 Å². The second-order valence-corrected chi connectivity index (χ2v) is 8.69. The Morgan fingerprint density at radius 1 is 1.07 bits per heavy atom. The molecule has 1 aromatic heterocycles. The van der Waals surface area contributed by atoms with Gasteiger partial charge in [0.15, 0.2) is 0 Å². The average Bonchev–Trinajstić information content (AvgIpc) is 2.64. The number of nitrogens with zero attached hydrogens (tertiary/aromatic N) is 2. The summed E-state index contributed by atoms with van der Waals surface area (Å²) in [6.45, 7) is 4.01. The van der Waals surface area contributed by atoms with E-state index in [1.165, 1.54) is 4.31 Å². The molecule has 0 bridgehead atoms. The summed E-state index contributed by atoms with van der Waals surface area (Å²) in [5, 5.41) is 3.67. The van der Waals surface area contributed by atoms with Crippen molar-refractivity contribution in [1.82, 2.24) is 4.98 Å². The molecule has 2 aromatic carbocycles. The lowest BCUT2D eigenvalue weighted by Gasteiger charge is -2.23. The quantitative estimate of drug-likeness (QED) is 0.689. The van der Waals surface area contributed by atoms with Crippen molar-refractivity contribution in [3.63, 3.8) is 0 Å². The standard InChI is InChI=1S/C21H23N3O3S/c1-15-9-10-18(14-16(15)2)23-20(25)11-13-24(28(3,26)27)19-8-4-6-17-7-5-12-22-21(17)19/h4-10,12,14H,11,13H2,1-3H3,(H,23,25). The highest BCUT2D eigenvalue weighted by Crippen LogP contribution is 2.27. The lowest BCUT2D eigenvalue weighted by atomic mass is 10.1. The van der Waals surface area contributed by atoms with Gasteiger partial charge in [-0.25, -0.2) is 8.42 Å². The van der Waals surface area contributed by atoms with Gasteiger partial charge in [-0.2, -0.15) is 0 Å². The van der Waals surface area contributed by atoms with Crippen LogP contribution >= 0.6 is 0 Å². The molecular formula is C21H23N3O3S. The van der Waals surface area contributed by atoms with Crippen molar-refractivity contribution in [3.8, 4) is 0 Å². The minimum atomic E-state index is -3.58. The number of anilines is 2. The Morgan fingerprint density at radius 2 is 1.82 bits per heavy atom. The molecule has 0 aliphatic carbocycles. The molecule has 146 valence electrons. The van der Waals surface area contributed by atoms with Crippen LogP contribution in [0, 0.1) is 13.8 Å². The SMILES string of the molecule is Cc1ccc(NC(=O)CCN(c2cccc3cccnc23)S(C)(=O)=O)cc1C. The fourth-order valence-electron chi connectivity index (χ4n) is 3.00. The number of para-hydroxylation sites is 1. The van der Waals surface area contributed by atoms with Crippen molar-refractivity contribution in [1.29, 1.82) is 0 Å². The van der Waals surface area contributed by atoms with Crippen LogP contribution in [0.4, 0.5) is 11.4 Å². The van der Waals surface area contributed by atoms with Crippen LogP contribution in [0.15, 0.2) is 54.7 Å². The third-order valence-electron chi connectivity index (χ3n) is 4.61. The van der Waals surface area contributed by atoms with Crippen LogP contribution < -0.4 is 9.62 Å². The van der Waals surface area contributed by atoms with Gasteiger partial charge < -0.3 is 5.32 Å². The largest absolute Gasteiger partial charge is 0.326 e. The van der Waals surface area contributed by atoms with Crippen molar-refractivity contribution in [2.45, 2.75) is 20.3 Å². The summed E-state index contributed by atoms with van der Waals surface area (Å²) >= 11 is 0. The summed E-state index contributed by atoms with van der Waals surface area (Å²) in [6, 6.07) is 14.7. The van der Waals surface area contributed by atoms with Crippen molar-refractivity contribution in [3.05, 3.63) is 65.9 Å². The maximum Gasteiger partial charge on any atom is 0.232 e. The Bertz CT molecular complexity index is 1120. The number of rotatable bonds is 6. The topological polar surface area (TPSA) is 79.4 Å². The lowest BCUT2D eigenvalue weighted by molar-refractivity contribution is -0.116. The van der Waals surface area contributed by atoms with Crippen molar-refractivity contribution in [2.75, 3.05) is 22.4 Å². The van der Waals surface area contributed by atoms with Gasteiger partial charge in [-0.1, -0.05) is 24.3 Å². The zero-order valence-electron chi connectivity index (χ0n) is 16.1. The summed E-state index contributed by atoms with van der Waals surface area (Å²) in [5.41, 5.74) is 3.98. The molecule has 3 rings (SSSR count). The second kappa shape index (κ2) is 7.98. The number of hydrogen-bond acceptors (Lipinski definition) is 4. The number of aromatic nitrogens is 1. The molecule has 1 amide bonds. The zero-order chi connectivity index (χ0) is 20.3. The highest BCUT2D eigenvalue weighted by molar-refractivity contribution is 7.92. The Hall–Kier alpha value is -2.93. The number of hydrogen-bond donors (Lipinski definition) is 1. The number of pyridine rings is 1. The van der Waals surface area contributed by atoms with Gasteiger partial charge in [0.1, 0.15) is 0 Å². The molecule has 0 saturated carbocycles. The Labute approximate surface area is 165 Å². The maximum absolute atomic E-state index is 12.4. The van der Waals surface area contributed by atoms with E-state index in [0.29, 0.717) is 16.9 Å². The van der Waals surface area contributed by atoms with Crippen LogP contribution in [-0.4, -0.2) is 32.1 Å². The van der Waals surface area contributed by atoms with E-state index in [-0.39, 0.29) is 18.9 Å². The van der Waals surface area contributed by atoms with E-state index >= 15 is 0 Å². The van der Waals surface area contributed by atoms with Gasteiger partial charge in [-0.3, -0.25) is 14.1 Å². The molecule has 28 heavy (non-hydrogen) atoms. The first-order chi connectivity index (χ1) is 13.3. The first-order valence-corrected chi connectivity index (χ1v) is 10.8. The lowest BCUT2D eigenvalue weighted by Crippen LogP contribution is -2.33. The number of nitrogens with one attached hydrogen (secondary N) is 1. The Balaban J connectivity index is 1.80. The molecule has 0 aliphatic rings. The van der Waals surface area contributed by atoms with Gasteiger partial charge in [0.05, 0.1) is 17.5 Å². The summed E-state index contributed by atoms with van der Waals surface area (Å²) in [4.78, 5) is 16.7. The van der Waals surface area contributed by atoms with Crippen LogP contribution in [0.2, 0.25) is 0 Å². The molecule has 7 heteroatoms. The van der Waals surface area contributed by atoms with Crippen LogP contribution in [0.5, 0.6) is 0 Å². The molecule has 1 N–H and O–H groups in total. The van der Waals surface area contributed by atoms with Crippen molar-refractivity contribution in [2.24, 2.45) is 0 Å². The number of amides is 1. The number of fused-ring (bicyclic) bond motifs is 1. The van der Waals surface area contributed by atoms with E-state index < -0.39 is 10.0 Å². The van der Waals surface area contributed by atoms with Gasteiger partial charge in [-0.05, 0) is 49.2 Å². The van der Waals surface area contributed by atoms with Crippen molar-refractivity contribution < 1.29 is 13.2 Å². The summed E-state index contributed by atoms with van der Waals surface area (Å²) in [7, 11) is -3.58. The molecule has 0 fully saturated rings. The third kappa shape index (κ3) is 4.48. The van der Waals surface area contributed by atoms with Gasteiger partial charge in [0.25, 0.3) is 0 Å². The zero-order valence-corrected chi connectivity index (χ0v) is 17.0. The summed E-state index contributed by atoms with van der Waals surface area (Å²) < 4.78 is 26.0. The third-order valence-corrected chi connectivity index (χ3v) is 5.79. The predicted molar refractivity (Wildman–Crippen MR) is 113 cm³/mol. The van der Waals surface area contributed by atoms with Crippen LogP contribution in [0.1, 0.15) is 17.5 Å². The Morgan fingerprint density at radius 3 is 2.54 bits per heavy atom. The molecule has 6 nitrogen and oxygen atoms in total. The smallest absolute Gasteiger partial charge is 0.232 e. The van der Waals surface area contributed by atoms with Crippen LogP contribution in [0.25, 0.3) is 10.9 Å². The number of carbonyl (C=O) groups excluding carboxylic acids is 1. The summed E-state index contributed by atoms with van der Waals surface area (Å²) in [5.74, 6) is -0.245. The molecule has 0 aliphatic heterocycles. The van der Waals surface area contributed by atoms with Gasteiger partial charge in [0, 0.05) is 30.2 Å². The minimum absolute atomic E-state index is 0.0310. The molecule has 0 saturated heterocycles. The fraction of sp³-hybridized carbons (Fsp3) is 0.238. The van der Waals surface area contributed by atoms with Crippen LogP contribution in [-0.2, 0) is 14.8 Å². The predicted octanol–water partition coefficient (Wildman–Crippen LogP) is 3.65. The molecular weight excluding hydrogens is 374 g/mol. The first kappa shape index (κ1) is 19.8. The molecule has 0 atom stereocenters. The van der Waals surface area contributed by atoms with E-state index in [0.717, 1.165) is 22.8 Å². The number of carbonyl (C=O) groups is 1. The van der Waals surface area contributed by atoms with Gasteiger partial charge in [0.2, 0.25) is 15.9 Å². The molecule has 1 heterocycles. The monoisotopic (exact) mass is 397 g/mol. The number of aryl methyl sites for hydroxylation is 2. The van der Waals surface area contributed by atoms with Gasteiger partial charge >= 0.3 is 0 Å². The van der Waals surface area contributed by atoms with E-state index in [1.807, 2.05) is 44.2 Å². The van der Waals surface area contributed by atoms with E-state index in [4.69, 9.17) is 0 Å². The molecule has 0 unspecified atom stereocenters. The first-order valence-electron chi connectivity index (χ1n) is 8.94. The minimum Gasteiger partial charge on any atom is -0.326 e. The highest BCUT2D eigenvalue weighted by atomic mass is 32.2. The molecule has 0 spiro atoms. The average molecular weight is 398 g/mol. The fourth-order valence-corrected chi connectivity index (χ4v) is 3.93. The van der Waals surface area contributed by atoms with E-state index in [9.17, 15) is 13.2 Å². The maximum atomic E-state index is 12.4. The number of sulfonamides is 1. The number of benzene rings is 2. The summed E-state index contributed by atoms with van der Waals surface area (Å²) in [6.07, 6.45) is 2.79. The van der Waals surface area contributed by atoms with Crippen LogP contribution in [0.3, 0.4) is 0 Å². The normalized spacial score (nSPS) is 11.4. The van der Waals surface area contributed by atoms with E-state index in [2.05, 4.69) is 10.3 Å².